The van der Waals surface area contributed by atoms with E-state index in [4.69, 9.17) is 9.84 Å². The first kappa shape index (κ1) is 27.9. The monoisotopic (exact) mass is 576 g/mol. The van der Waals surface area contributed by atoms with Crippen molar-refractivity contribution in [3.05, 3.63) is 113 Å². The Morgan fingerprint density at radius 2 is 1.31 bits per heavy atom. The molecule has 0 unspecified atom stereocenters. The van der Waals surface area contributed by atoms with Gasteiger partial charge in [-0.15, -0.1) is 12.6 Å². The molecule has 0 bridgehead atoms. The van der Waals surface area contributed by atoms with Crippen LogP contribution in [0.1, 0.15) is 60.3 Å². The van der Waals surface area contributed by atoms with E-state index in [1.807, 2.05) is 48.5 Å². The first-order valence-electron chi connectivity index (χ1n) is 14.7. The predicted molar refractivity (Wildman–Crippen MR) is 174 cm³/mol. The van der Waals surface area contributed by atoms with E-state index in [1.165, 1.54) is 0 Å². The Morgan fingerprint density at radius 3 is 1.88 bits per heavy atom. The van der Waals surface area contributed by atoms with E-state index in [9.17, 15) is 4.79 Å². The van der Waals surface area contributed by atoms with Gasteiger partial charge in [-0.1, -0.05) is 48.5 Å². The van der Waals surface area contributed by atoms with Crippen LogP contribution in [0, 0.1) is 0 Å². The summed E-state index contributed by atoms with van der Waals surface area (Å²) in [4.78, 5) is 19.7. The Hall–Kier alpha value is -4.23. The van der Waals surface area contributed by atoms with E-state index >= 15 is 0 Å². The zero-order valence-electron chi connectivity index (χ0n) is 24.5. The molecule has 6 rings (SSSR count). The molecule has 0 N–H and O–H groups in total. The lowest BCUT2D eigenvalue weighted by Crippen LogP contribution is -2.44. The maximum absolute atomic E-state index is 14.3. The second-order valence-corrected chi connectivity index (χ2v) is 11.0. The highest BCUT2D eigenvalue weighted by Crippen LogP contribution is 2.58. The average molecular weight is 577 g/mol. The van der Waals surface area contributed by atoms with Crippen molar-refractivity contribution < 1.29 is 9.53 Å². The molecule has 1 spiro atoms. The van der Waals surface area contributed by atoms with Gasteiger partial charge in [0.1, 0.15) is 17.0 Å². The van der Waals surface area contributed by atoms with Crippen molar-refractivity contribution in [3.8, 4) is 11.5 Å². The lowest BCUT2D eigenvalue weighted by atomic mass is 9.75. The van der Waals surface area contributed by atoms with Crippen molar-refractivity contribution >= 4 is 36.1 Å². The van der Waals surface area contributed by atoms with Crippen molar-refractivity contribution in [2.45, 2.75) is 38.1 Å². The van der Waals surface area contributed by atoms with Gasteiger partial charge in [0.25, 0.3) is 5.91 Å². The van der Waals surface area contributed by atoms with Gasteiger partial charge in [0.2, 0.25) is 0 Å². The number of carbonyl (C=O) groups excluding carboxylic acids is 1. The van der Waals surface area contributed by atoms with E-state index in [2.05, 4.69) is 86.5 Å². The topological polar surface area (TPSA) is 48.4 Å². The van der Waals surface area contributed by atoms with Crippen LogP contribution in [0.15, 0.2) is 94.9 Å². The van der Waals surface area contributed by atoms with Crippen LogP contribution in [0.3, 0.4) is 0 Å². The molecule has 6 nitrogen and oxygen atoms in total. The lowest BCUT2D eigenvalue weighted by molar-refractivity contribution is 0.0675. The van der Waals surface area contributed by atoms with Crippen molar-refractivity contribution in [3.63, 3.8) is 0 Å². The molecule has 214 valence electrons. The van der Waals surface area contributed by atoms with Crippen LogP contribution in [0.4, 0.5) is 11.4 Å². The number of ether oxygens (including phenoxy) is 1. The fourth-order valence-corrected chi connectivity index (χ4v) is 6.58. The van der Waals surface area contributed by atoms with Crippen LogP contribution in [0.25, 0.3) is 0 Å². The Labute approximate surface area is 253 Å². The third-order valence-electron chi connectivity index (χ3n) is 8.49. The number of benzene rings is 4. The van der Waals surface area contributed by atoms with E-state index in [-0.39, 0.29) is 5.91 Å². The minimum atomic E-state index is -1.01. The maximum Gasteiger partial charge on any atom is 0.275 e. The molecule has 0 aromatic heterocycles. The first-order valence-corrected chi connectivity index (χ1v) is 15.1. The smallest absolute Gasteiger partial charge is 0.275 e. The summed E-state index contributed by atoms with van der Waals surface area (Å²) in [7, 11) is 0. The van der Waals surface area contributed by atoms with Gasteiger partial charge < -0.3 is 14.5 Å². The van der Waals surface area contributed by atoms with Gasteiger partial charge in [-0.2, -0.15) is 5.10 Å². The number of hydrogen-bond acceptors (Lipinski definition) is 6. The van der Waals surface area contributed by atoms with E-state index < -0.39 is 5.54 Å². The van der Waals surface area contributed by atoms with Crippen molar-refractivity contribution in [2.24, 2.45) is 5.10 Å². The van der Waals surface area contributed by atoms with Gasteiger partial charge in [0.15, 0.2) is 0 Å². The van der Waals surface area contributed by atoms with Crippen LogP contribution >= 0.6 is 12.6 Å². The normalized spacial score (nSPS) is 14.5. The summed E-state index contributed by atoms with van der Waals surface area (Å²) in [6, 6.07) is 28.3. The average Bonchev–Trinajstić information content (AvgIpc) is 3.26. The first-order chi connectivity index (χ1) is 20.5. The number of anilines is 2. The molecule has 4 aromatic carbocycles. The molecule has 7 heteroatoms. The van der Waals surface area contributed by atoms with E-state index in [1.54, 1.807) is 11.2 Å². The van der Waals surface area contributed by atoms with Crippen LogP contribution in [-0.4, -0.2) is 43.3 Å². The molecular weight excluding hydrogens is 540 g/mol. The molecule has 4 aromatic rings. The molecule has 2 heterocycles. The maximum atomic E-state index is 14.3. The molecule has 0 saturated heterocycles. The zero-order chi connectivity index (χ0) is 29.4. The molecular formula is C35H36N4O2S. The molecule has 0 fully saturated rings. The highest BCUT2D eigenvalue weighted by Gasteiger charge is 2.57. The Kier molecular flexibility index (Phi) is 7.45. The lowest BCUT2D eigenvalue weighted by Gasteiger charge is -2.42. The highest BCUT2D eigenvalue weighted by atomic mass is 32.1. The Morgan fingerprint density at radius 1 is 0.762 bits per heavy atom. The number of carbonyl (C=O) groups is 1. The molecule has 0 aliphatic carbocycles. The number of rotatable bonds is 8. The zero-order valence-corrected chi connectivity index (χ0v) is 25.4. The minimum absolute atomic E-state index is 0.155. The third kappa shape index (κ3) is 4.26. The quantitative estimate of drug-likeness (QED) is 0.174. The van der Waals surface area contributed by atoms with Crippen LogP contribution in [-0.2, 0) is 5.54 Å². The van der Waals surface area contributed by atoms with Crippen LogP contribution in [0.2, 0.25) is 0 Å². The minimum Gasteiger partial charge on any atom is -0.456 e. The van der Waals surface area contributed by atoms with Crippen molar-refractivity contribution in [1.82, 2.24) is 5.01 Å². The van der Waals surface area contributed by atoms with Crippen LogP contribution in [0.5, 0.6) is 11.5 Å². The summed E-state index contributed by atoms with van der Waals surface area (Å²) in [6.45, 7) is 12.1. The van der Waals surface area contributed by atoms with Gasteiger partial charge in [-0.3, -0.25) is 4.79 Å². The number of hydrogen-bond donors (Lipinski definition) is 1. The summed E-state index contributed by atoms with van der Waals surface area (Å²) >= 11 is 4.63. The van der Waals surface area contributed by atoms with Gasteiger partial charge in [0, 0.05) is 82.4 Å². The SMILES string of the molecule is CCN(CC)c1ccc2c(c1)Oc1cc(N(CC)CC)ccc1C21c2ccccc2C(=O)N1/N=C/c1ccccc1S. The summed E-state index contributed by atoms with van der Waals surface area (Å²) in [6.07, 6.45) is 1.73. The van der Waals surface area contributed by atoms with Crippen LogP contribution < -0.4 is 14.5 Å². The third-order valence-corrected chi connectivity index (χ3v) is 8.90. The molecule has 2 aliphatic rings. The molecule has 0 atom stereocenters. The van der Waals surface area contributed by atoms with E-state index in [0.29, 0.717) is 5.56 Å². The molecule has 0 radical (unpaired) electrons. The highest BCUT2D eigenvalue weighted by molar-refractivity contribution is 7.80. The van der Waals surface area contributed by atoms with Crippen molar-refractivity contribution in [2.75, 3.05) is 36.0 Å². The predicted octanol–water partition coefficient (Wildman–Crippen LogP) is 7.56. The summed E-state index contributed by atoms with van der Waals surface area (Å²) in [5.74, 6) is 1.30. The molecule has 42 heavy (non-hydrogen) atoms. The molecule has 0 saturated carbocycles. The Bertz CT molecular complexity index is 1610. The number of fused-ring (bicyclic) bond motifs is 6. The summed E-state index contributed by atoms with van der Waals surface area (Å²) in [5, 5.41) is 6.58. The summed E-state index contributed by atoms with van der Waals surface area (Å²) in [5.41, 5.74) is 5.27. The summed E-state index contributed by atoms with van der Waals surface area (Å²) < 4.78 is 6.75. The number of hydrazone groups is 1. The largest absolute Gasteiger partial charge is 0.456 e. The molecule has 1 amide bonds. The van der Waals surface area contributed by atoms with Crippen molar-refractivity contribution in [1.29, 1.82) is 0 Å². The number of nitrogens with zero attached hydrogens (tertiary/aromatic N) is 4. The molecule has 2 aliphatic heterocycles. The number of amides is 1. The fraction of sp³-hybridized carbons (Fsp3) is 0.257. The van der Waals surface area contributed by atoms with Gasteiger partial charge in [-0.25, -0.2) is 5.01 Å². The second-order valence-electron chi connectivity index (χ2n) is 10.5. The Balaban J connectivity index is 1.65. The second kappa shape index (κ2) is 11.2. The van der Waals surface area contributed by atoms with Gasteiger partial charge in [-0.05, 0) is 52.0 Å². The van der Waals surface area contributed by atoms with Gasteiger partial charge in [0.05, 0.1) is 6.21 Å². The fourth-order valence-electron chi connectivity index (χ4n) is 6.36. The van der Waals surface area contributed by atoms with E-state index in [0.717, 1.165) is 76.2 Å². The standard InChI is InChI=1S/C35H36N4O2S/c1-5-37(6-2)25-17-19-29-31(21-25)41-32-22-26(38(7-3)8-4)18-20-30(32)35(29)28-15-11-10-14-27(28)34(40)39(35)36-23-24-13-9-12-16-33(24)42/h9-23,42H,5-8H2,1-4H3/b36-23+. The number of thiol groups is 1. The van der Waals surface area contributed by atoms with Gasteiger partial charge >= 0.3 is 0 Å².